The molecule has 6 nitrogen and oxygen atoms in total. The summed E-state index contributed by atoms with van der Waals surface area (Å²) in [6.07, 6.45) is 0.625. The normalized spacial score (nSPS) is 14.3. The summed E-state index contributed by atoms with van der Waals surface area (Å²) in [5, 5.41) is 10.4. The van der Waals surface area contributed by atoms with E-state index in [1.54, 1.807) is 12.1 Å². The lowest BCUT2D eigenvalue weighted by molar-refractivity contribution is -0.131. The van der Waals surface area contributed by atoms with Gasteiger partial charge in [0.15, 0.2) is 0 Å². The maximum absolute atomic E-state index is 12.8. The molecule has 31 heavy (non-hydrogen) atoms. The van der Waals surface area contributed by atoms with E-state index >= 15 is 0 Å². The second-order valence-corrected chi connectivity index (χ2v) is 8.26. The number of aryl methyl sites for hydroxylation is 2. The molecule has 1 aromatic heterocycles. The predicted molar refractivity (Wildman–Crippen MR) is 122 cm³/mol. The average Bonchev–Trinajstić information content (AvgIpc) is 2.75. The van der Waals surface area contributed by atoms with Crippen molar-refractivity contribution in [1.29, 1.82) is 0 Å². The van der Waals surface area contributed by atoms with Gasteiger partial charge in [0.1, 0.15) is 11.3 Å². The smallest absolute Gasteiger partial charge is 0.339 e. The number of benzene rings is 2. The van der Waals surface area contributed by atoms with Crippen molar-refractivity contribution in [2.75, 3.05) is 31.1 Å². The largest absolute Gasteiger partial charge is 0.508 e. The van der Waals surface area contributed by atoms with Crippen molar-refractivity contribution in [2.45, 2.75) is 33.6 Å². The first-order chi connectivity index (χ1) is 14.8. The standard InChI is InChI=1S/C25H28N2O4/c1-16-5-4-6-22(17(16)2)26-11-13-27(14-12-26)24(29)10-9-21-18(3)20-8-7-19(28)15-23(20)31-25(21)30/h4-8,15,28H,9-14H2,1-3H3. The number of piperazine rings is 1. The molecule has 0 atom stereocenters. The van der Waals surface area contributed by atoms with Crippen LogP contribution in [0.5, 0.6) is 5.75 Å². The number of carbonyl (C=O) groups is 1. The molecule has 2 aromatic carbocycles. The number of carbonyl (C=O) groups excluding carboxylic acids is 1. The van der Waals surface area contributed by atoms with E-state index < -0.39 is 5.63 Å². The minimum Gasteiger partial charge on any atom is -0.508 e. The number of phenols is 1. The van der Waals surface area contributed by atoms with Crippen molar-refractivity contribution in [3.8, 4) is 5.75 Å². The van der Waals surface area contributed by atoms with Crippen molar-refractivity contribution >= 4 is 22.6 Å². The first-order valence-electron chi connectivity index (χ1n) is 10.7. The summed E-state index contributed by atoms with van der Waals surface area (Å²) in [4.78, 5) is 29.5. The molecule has 2 heterocycles. The van der Waals surface area contributed by atoms with E-state index in [4.69, 9.17) is 4.42 Å². The van der Waals surface area contributed by atoms with Crippen molar-refractivity contribution in [1.82, 2.24) is 4.90 Å². The Balaban J connectivity index is 1.41. The summed E-state index contributed by atoms with van der Waals surface area (Å²) < 4.78 is 5.37. The monoisotopic (exact) mass is 420 g/mol. The fourth-order valence-corrected chi connectivity index (χ4v) is 4.34. The van der Waals surface area contributed by atoms with Crippen LogP contribution in [0.2, 0.25) is 0 Å². The maximum atomic E-state index is 12.8. The van der Waals surface area contributed by atoms with E-state index in [0.29, 0.717) is 30.7 Å². The van der Waals surface area contributed by atoms with E-state index in [0.717, 1.165) is 24.0 Å². The zero-order valence-corrected chi connectivity index (χ0v) is 18.3. The molecule has 0 radical (unpaired) electrons. The van der Waals surface area contributed by atoms with Gasteiger partial charge in [-0.1, -0.05) is 12.1 Å². The molecule has 1 fully saturated rings. The molecule has 1 aliphatic heterocycles. The minimum absolute atomic E-state index is 0.0537. The van der Waals surface area contributed by atoms with Crippen LogP contribution in [-0.2, 0) is 11.2 Å². The number of phenolic OH excluding ortho intramolecular Hbond substituents is 1. The number of hydrogen-bond acceptors (Lipinski definition) is 5. The van der Waals surface area contributed by atoms with Crippen LogP contribution in [0.15, 0.2) is 45.6 Å². The minimum atomic E-state index is -0.442. The van der Waals surface area contributed by atoms with Crippen LogP contribution in [0.1, 0.15) is 28.7 Å². The van der Waals surface area contributed by atoms with Gasteiger partial charge in [-0.25, -0.2) is 4.79 Å². The van der Waals surface area contributed by atoms with Crippen molar-refractivity contribution in [3.63, 3.8) is 0 Å². The molecule has 0 bridgehead atoms. The highest BCUT2D eigenvalue weighted by Gasteiger charge is 2.23. The Kier molecular flexibility index (Phi) is 5.72. The maximum Gasteiger partial charge on any atom is 0.339 e. The number of fused-ring (bicyclic) bond motifs is 1. The van der Waals surface area contributed by atoms with Crippen LogP contribution in [0, 0.1) is 20.8 Å². The third-order valence-corrected chi connectivity index (χ3v) is 6.41. The molecule has 1 N–H and O–H groups in total. The molecular formula is C25H28N2O4. The fraction of sp³-hybridized carbons (Fsp3) is 0.360. The lowest BCUT2D eigenvalue weighted by Gasteiger charge is -2.37. The van der Waals surface area contributed by atoms with Gasteiger partial charge in [0.05, 0.1) is 0 Å². The highest BCUT2D eigenvalue weighted by atomic mass is 16.4. The number of hydrogen-bond donors (Lipinski definition) is 1. The van der Waals surface area contributed by atoms with Crippen molar-refractivity contribution in [2.24, 2.45) is 0 Å². The molecule has 3 aromatic rings. The van der Waals surface area contributed by atoms with Crippen LogP contribution in [0.25, 0.3) is 11.0 Å². The van der Waals surface area contributed by atoms with Crippen LogP contribution in [0.3, 0.4) is 0 Å². The lowest BCUT2D eigenvalue weighted by Crippen LogP contribution is -2.49. The molecular weight excluding hydrogens is 392 g/mol. The SMILES string of the molecule is Cc1cccc(N2CCN(C(=O)CCc3c(C)c4ccc(O)cc4oc3=O)CC2)c1C. The van der Waals surface area contributed by atoms with Crippen LogP contribution in [-0.4, -0.2) is 42.1 Å². The third-order valence-electron chi connectivity index (χ3n) is 6.41. The molecule has 1 aliphatic rings. The Morgan fingerprint density at radius 1 is 1.03 bits per heavy atom. The van der Waals surface area contributed by atoms with Crippen molar-refractivity contribution < 1.29 is 14.3 Å². The number of rotatable bonds is 4. The Bertz CT molecular complexity index is 1190. The zero-order chi connectivity index (χ0) is 22.1. The van der Waals surface area contributed by atoms with E-state index in [9.17, 15) is 14.7 Å². The summed E-state index contributed by atoms with van der Waals surface area (Å²) in [6.45, 7) is 9.08. The van der Waals surface area contributed by atoms with E-state index in [-0.39, 0.29) is 18.1 Å². The summed E-state index contributed by atoms with van der Waals surface area (Å²) >= 11 is 0. The van der Waals surface area contributed by atoms with Gasteiger partial charge >= 0.3 is 5.63 Å². The average molecular weight is 421 g/mol. The highest BCUT2D eigenvalue weighted by molar-refractivity contribution is 5.82. The zero-order valence-electron chi connectivity index (χ0n) is 18.3. The molecule has 6 heteroatoms. The number of nitrogens with zero attached hydrogens (tertiary/aromatic N) is 2. The third kappa shape index (κ3) is 4.15. The van der Waals surface area contributed by atoms with Crippen LogP contribution < -0.4 is 10.5 Å². The van der Waals surface area contributed by atoms with Gasteiger partial charge in [-0.05, 0) is 62.1 Å². The van der Waals surface area contributed by atoms with Crippen LogP contribution >= 0.6 is 0 Å². The Hall–Kier alpha value is -3.28. The molecule has 1 amide bonds. The Morgan fingerprint density at radius 2 is 1.77 bits per heavy atom. The van der Waals surface area contributed by atoms with E-state index in [2.05, 4.69) is 36.9 Å². The number of anilines is 1. The molecule has 4 rings (SSSR count). The first kappa shape index (κ1) is 21.0. The molecule has 162 valence electrons. The van der Waals surface area contributed by atoms with Gasteiger partial charge in [-0.15, -0.1) is 0 Å². The molecule has 1 saturated heterocycles. The lowest BCUT2D eigenvalue weighted by atomic mass is 10.0. The second-order valence-electron chi connectivity index (χ2n) is 8.26. The molecule has 0 unspecified atom stereocenters. The van der Waals surface area contributed by atoms with Gasteiger partial charge in [0, 0.05) is 55.3 Å². The topological polar surface area (TPSA) is 74.0 Å². The van der Waals surface area contributed by atoms with Gasteiger partial charge in [0.25, 0.3) is 0 Å². The summed E-state index contributed by atoms with van der Waals surface area (Å²) in [7, 11) is 0. The van der Waals surface area contributed by atoms with Gasteiger partial charge in [-0.2, -0.15) is 0 Å². The molecule has 0 saturated carbocycles. The second kappa shape index (κ2) is 8.46. The molecule has 0 spiro atoms. The highest BCUT2D eigenvalue weighted by Crippen LogP contribution is 2.25. The quantitative estimate of drug-likeness (QED) is 0.652. The molecule has 0 aliphatic carbocycles. The summed E-state index contributed by atoms with van der Waals surface area (Å²) in [5.74, 6) is 0.114. The Morgan fingerprint density at radius 3 is 2.52 bits per heavy atom. The summed E-state index contributed by atoms with van der Waals surface area (Å²) in [6, 6.07) is 11.1. The van der Waals surface area contributed by atoms with Gasteiger partial charge < -0.3 is 19.3 Å². The number of aromatic hydroxyl groups is 1. The fourth-order valence-electron chi connectivity index (χ4n) is 4.34. The van der Waals surface area contributed by atoms with Crippen LogP contribution in [0.4, 0.5) is 5.69 Å². The Labute approximate surface area is 181 Å². The predicted octanol–water partition coefficient (Wildman–Crippen LogP) is 3.71. The van der Waals surface area contributed by atoms with Gasteiger partial charge in [-0.3, -0.25) is 4.79 Å². The van der Waals surface area contributed by atoms with E-state index in [1.807, 2.05) is 11.8 Å². The first-order valence-corrected chi connectivity index (χ1v) is 10.7. The van der Waals surface area contributed by atoms with Gasteiger partial charge in [0.2, 0.25) is 5.91 Å². The van der Waals surface area contributed by atoms with E-state index in [1.165, 1.54) is 22.9 Å². The number of amides is 1. The van der Waals surface area contributed by atoms with Crippen molar-refractivity contribution in [3.05, 3.63) is 69.1 Å². The summed E-state index contributed by atoms with van der Waals surface area (Å²) in [5.41, 5.74) is 5.05.